The van der Waals surface area contributed by atoms with Crippen LogP contribution in [0.15, 0.2) is 23.8 Å². The highest BCUT2D eigenvalue weighted by atomic mass is 35.5. The van der Waals surface area contributed by atoms with E-state index in [0.29, 0.717) is 28.6 Å². The van der Waals surface area contributed by atoms with Gasteiger partial charge in [0.05, 0.1) is 6.61 Å². The molecule has 0 spiro atoms. The Kier molecular flexibility index (Phi) is 4.38. The normalized spacial score (nSPS) is 11.9. The minimum absolute atomic E-state index is 0.515. The number of rotatable bonds is 4. The van der Waals surface area contributed by atoms with Gasteiger partial charge in [0.2, 0.25) is 0 Å². The smallest absolute Gasteiger partial charge is 0.128 e. The quantitative estimate of drug-likeness (QED) is 0.792. The molecule has 1 aromatic rings. The van der Waals surface area contributed by atoms with E-state index in [0.717, 1.165) is 5.56 Å². The first kappa shape index (κ1) is 12.6. The first-order chi connectivity index (χ1) is 7.60. The molecule has 0 aliphatic carbocycles. The van der Waals surface area contributed by atoms with E-state index in [1.165, 1.54) is 6.21 Å². The van der Waals surface area contributed by atoms with Gasteiger partial charge in [0, 0.05) is 22.5 Å². The number of nitrogens with one attached hydrogen (secondary N) is 1. The highest BCUT2D eigenvalue weighted by Gasteiger charge is 2.08. The Morgan fingerprint density at radius 2 is 2.25 bits per heavy atom. The van der Waals surface area contributed by atoms with Gasteiger partial charge in [0.15, 0.2) is 0 Å². The van der Waals surface area contributed by atoms with Crippen LogP contribution in [0.4, 0.5) is 0 Å². The molecule has 86 valence electrons. The lowest BCUT2D eigenvalue weighted by molar-refractivity contribution is 0.339. The molecule has 0 fully saturated rings. The molecule has 0 aliphatic heterocycles. The van der Waals surface area contributed by atoms with Gasteiger partial charge < -0.3 is 15.9 Å². The standard InChI is InChI=1S/C12H15ClN2O/c1-3-16-11-5-4-9(13)6-10(11)12(15)8(2)7-14/h4-7,14H,3,15H2,1-2H3. The molecule has 0 atom stereocenters. The van der Waals surface area contributed by atoms with Crippen LogP contribution in [0.1, 0.15) is 19.4 Å². The Bertz CT molecular complexity index is 427. The van der Waals surface area contributed by atoms with Crippen molar-refractivity contribution in [2.45, 2.75) is 13.8 Å². The van der Waals surface area contributed by atoms with Crippen molar-refractivity contribution in [2.24, 2.45) is 5.73 Å². The van der Waals surface area contributed by atoms with Crippen molar-refractivity contribution >= 4 is 23.5 Å². The van der Waals surface area contributed by atoms with Crippen molar-refractivity contribution in [2.75, 3.05) is 6.61 Å². The average Bonchev–Trinajstić information content (AvgIpc) is 2.29. The first-order valence-corrected chi connectivity index (χ1v) is 5.37. The van der Waals surface area contributed by atoms with Crippen LogP contribution in [0.3, 0.4) is 0 Å². The maximum Gasteiger partial charge on any atom is 0.128 e. The van der Waals surface area contributed by atoms with Crippen LogP contribution in [0.2, 0.25) is 5.02 Å². The zero-order valence-electron chi connectivity index (χ0n) is 9.38. The molecule has 0 amide bonds. The molecule has 3 N–H and O–H groups in total. The lowest BCUT2D eigenvalue weighted by atomic mass is 10.1. The van der Waals surface area contributed by atoms with Gasteiger partial charge in [-0.1, -0.05) is 11.6 Å². The Hall–Kier alpha value is -1.48. The van der Waals surface area contributed by atoms with E-state index in [-0.39, 0.29) is 0 Å². The third-order valence-electron chi connectivity index (χ3n) is 2.17. The van der Waals surface area contributed by atoms with Gasteiger partial charge in [-0.05, 0) is 37.6 Å². The molecule has 0 aromatic heterocycles. The number of nitrogens with two attached hydrogens (primary N) is 1. The van der Waals surface area contributed by atoms with Gasteiger partial charge in [-0.3, -0.25) is 0 Å². The summed E-state index contributed by atoms with van der Waals surface area (Å²) in [6, 6.07) is 5.28. The molecule has 0 radical (unpaired) electrons. The molecule has 0 bridgehead atoms. The van der Waals surface area contributed by atoms with Crippen LogP contribution >= 0.6 is 11.6 Å². The summed E-state index contributed by atoms with van der Waals surface area (Å²) in [7, 11) is 0. The van der Waals surface area contributed by atoms with Crippen molar-refractivity contribution in [1.29, 1.82) is 5.41 Å². The Labute approximate surface area is 100 Å². The average molecular weight is 239 g/mol. The van der Waals surface area contributed by atoms with Crippen molar-refractivity contribution < 1.29 is 4.74 Å². The van der Waals surface area contributed by atoms with E-state index in [4.69, 9.17) is 27.5 Å². The van der Waals surface area contributed by atoms with Crippen molar-refractivity contribution in [3.63, 3.8) is 0 Å². The van der Waals surface area contributed by atoms with E-state index in [1.54, 1.807) is 25.1 Å². The number of halogens is 1. The summed E-state index contributed by atoms with van der Waals surface area (Å²) in [4.78, 5) is 0. The fraction of sp³-hybridized carbons (Fsp3) is 0.250. The van der Waals surface area contributed by atoms with Gasteiger partial charge >= 0.3 is 0 Å². The highest BCUT2D eigenvalue weighted by Crippen LogP contribution is 2.28. The lowest BCUT2D eigenvalue weighted by Crippen LogP contribution is -2.04. The van der Waals surface area contributed by atoms with Gasteiger partial charge in [0.1, 0.15) is 5.75 Å². The Balaban J connectivity index is 3.29. The van der Waals surface area contributed by atoms with E-state index in [1.807, 2.05) is 6.92 Å². The van der Waals surface area contributed by atoms with Gasteiger partial charge in [-0.25, -0.2) is 0 Å². The van der Waals surface area contributed by atoms with E-state index in [2.05, 4.69) is 0 Å². The van der Waals surface area contributed by atoms with Crippen molar-refractivity contribution in [3.8, 4) is 5.75 Å². The second-order valence-electron chi connectivity index (χ2n) is 3.31. The number of allylic oxidation sites excluding steroid dienone is 1. The number of benzene rings is 1. The molecule has 0 heterocycles. The number of ether oxygens (including phenoxy) is 1. The summed E-state index contributed by atoms with van der Waals surface area (Å²) in [5.41, 5.74) is 7.87. The second kappa shape index (κ2) is 5.56. The van der Waals surface area contributed by atoms with Crippen LogP contribution < -0.4 is 10.5 Å². The molecular formula is C12H15ClN2O. The van der Waals surface area contributed by atoms with Gasteiger partial charge in [0.25, 0.3) is 0 Å². The van der Waals surface area contributed by atoms with Crippen molar-refractivity contribution in [1.82, 2.24) is 0 Å². The molecule has 0 aliphatic rings. The SMILES string of the molecule is CCOc1ccc(Cl)cc1C(N)=C(C)C=N. The molecule has 1 rings (SSSR count). The summed E-state index contributed by atoms with van der Waals surface area (Å²) in [6.45, 7) is 4.24. The number of hydrogen-bond donors (Lipinski definition) is 2. The highest BCUT2D eigenvalue weighted by molar-refractivity contribution is 6.30. The van der Waals surface area contributed by atoms with Crippen LogP contribution in [0.25, 0.3) is 5.70 Å². The molecular weight excluding hydrogens is 224 g/mol. The van der Waals surface area contributed by atoms with Crippen LogP contribution in [-0.2, 0) is 0 Å². The predicted molar refractivity (Wildman–Crippen MR) is 68.2 cm³/mol. The zero-order chi connectivity index (χ0) is 12.1. The lowest BCUT2D eigenvalue weighted by Gasteiger charge is -2.12. The fourth-order valence-electron chi connectivity index (χ4n) is 1.28. The third kappa shape index (κ3) is 2.76. The zero-order valence-corrected chi connectivity index (χ0v) is 10.1. The number of hydrogen-bond acceptors (Lipinski definition) is 3. The second-order valence-corrected chi connectivity index (χ2v) is 3.75. The molecule has 3 nitrogen and oxygen atoms in total. The minimum Gasteiger partial charge on any atom is -0.493 e. The molecule has 1 aromatic carbocycles. The first-order valence-electron chi connectivity index (χ1n) is 4.99. The summed E-state index contributed by atoms with van der Waals surface area (Å²) in [6.07, 6.45) is 1.21. The molecule has 4 heteroatoms. The summed E-state index contributed by atoms with van der Waals surface area (Å²) < 4.78 is 5.46. The maximum absolute atomic E-state index is 7.18. The van der Waals surface area contributed by atoms with E-state index >= 15 is 0 Å². The fourth-order valence-corrected chi connectivity index (χ4v) is 1.46. The largest absolute Gasteiger partial charge is 0.493 e. The molecule has 16 heavy (non-hydrogen) atoms. The summed E-state index contributed by atoms with van der Waals surface area (Å²) in [5.74, 6) is 0.686. The van der Waals surface area contributed by atoms with E-state index < -0.39 is 0 Å². The van der Waals surface area contributed by atoms with Crippen LogP contribution in [-0.4, -0.2) is 12.8 Å². The monoisotopic (exact) mass is 238 g/mol. The van der Waals surface area contributed by atoms with Crippen LogP contribution in [0.5, 0.6) is 5.75 Å². The maximum atomic E-state index is 7.18. The Morgan fingerprint density at radius 1 is 1.56 bits per heavy atom. The van der Waals surface area contributed by atoms with Gasteiger partial charge in [-0.15, -0.1) is 0 Å². The molecule has 0 saturated carbocycles. The summed E-state index contributed by atoms with van der Waals surface area (Å²) >= 11 is 5.92. The summed E-state index contributed by atoms with van der Waals surface area (Å²) in [5, 5.41) is 7.77. The predicted octanol–water partition coefficient (Wildman–Crippen LogP) is 3.08. The van der Waals surface area contributed by atoms with Crippen LogP contribution in [0, 0.1) is 5.41 Å². The van der Waals surface area contributed by atoms with E-state index in [9.17, 15) is 0 Å². The Morgan fingerprint density at radius 3 is 2.81 bits per heavy atom. The molecule has 0 saturated heterocycles. The molecule has 0 unspecified atom stereocenters. The van der Waals surface area contributed by atoms with Crippen molar-refractivity contribution in [3.05, 3.63) is 34.4 Å². The third-order valence-corrected chi connectivity index (χ3v) is 2.41. The topological polar surface area (TPSA) is 59.1 Å². The minimum atomic E-state index is 0.515. The van der Waals surface area contributed by atoms with Gasteiger partial charge in [-0.2, -0.15) is 0 Å².